The van der Waals surface area contributed by atoms with Crippen LogP contribution in [-0.4, -0.2) is 4.98 Å². The second-order valence-electron chi connectivity index (χ2n) is 3.78. The highest BCUT2D eigenvalue weighted by atomic mass is 79.9. The van der Waals surface area contributed by atoms with Crippen molar-refractivity contribution in [2.75, 3.05) is 5.32 Å². The summed E-state index contributed by atoms with van der Waals surface area (Å²) in [6.07, 6.45) is 1.82. The van der Waals surface area contributed by atoms with Crippen molar-refractivity contribution in [1.29, 1.82) is 0 Å². The molecule has 0 aliphatic heterocycles. The topological polar surface area (TPSA) is 24.9 Å². The minimum Gasteiger partial charge on any atom is -0.380 e. The van der Waals surface area contributed by atoms with Crippen LogP contribution in [0.4, 0.5) is 5.69 Å². The predicted octanol–water partition coefficient (Wildman–Crippen LogP) is 4.42. The van der Waals surface area contributed by atoms with Crippen molar-refractivity contribution >= 4 is 33.2 Å². The van der Waals surface area contributed by atoms with Crippen LogP contribution in [0.25, 0.3) is 0 Å². The number of halogens is 2. The van der Waals surface area contributed by atoms with Gasteiger partial charge in [-0.2, -0.15) is 0 Å². The van der Waals surface area contributed by atoms with E-state index in [4.69, 9.17) is 11.6 Å². The van der Waals surface area contributed by atoms with Crippen molar-refractivity contribution < 1.29 is 0 Å². The molecule has 2 nitrogen and oxygen atoms in total. The maximum Gasteiger partial charge on any atom is 0.0529 e. The molecule has 1 aromatic carbocycles. The standard InChI is InChI=1S/C13H12BrClN2/c1-9-2-5-12(8-16-9)17-7-10-3-4-11(14)6-13(10)15/h2-6,8,17H,7H2,1H3. The Morgan fingerprint density at radius 3 is 2.76 bits per heavy atom. The molecule has 1 N–H and O–H groups in total. The lowest BCUT2D eigenvalue weighted by molar-refractivity contribution is 1.12. The van der Waals surface area contributed by atoms with Crippen LogP contribution in [0.2, 0.25) is 5.02 Å². The van der Waals surface area contributed by atoms with Crippen molar-refractivity contribution in [3.8, 4) is 0 Å². The third kappa shape index (κ3) is 3.45. The molecule has 0 radical (unpaired) electrons. The van der Waals surface area contributed by atoms with E-state index in [1.54, 1.807) is 0 Å². The highest BCUT2D eigenvalue weighted by molar-refractivity contribution is 9.10. The molecule has 17 heavy (non-hydrogen) atoms. The Labute approximate surface area is 114 Å². The molecule has 0 saturated carbocycles. The summed E-state index contributed by atoms with van der Waals surface area (Å²) in [5.41, 5.74) is 3.07. The number of rotatable bonds is 3. The Bertz CT molecular complexity index is 511. The zero-order valence-electron chi connectivity index (χ0n) is 9.37. The van der Waals surface area contributed by atoms with E-state index < -0.39 is 0 Å². The van der Waals surface area contributed by atoms with Gasteiger partial charge in [0.05, 0.1) is 11.9 Å². The van der Waals surface area contributed by atoms with Gasteiger partial charge in [0.25, 0.3) is 0 Å². The van der Waals surface area contributed by atoms with Gasteiger partial charge < -0.3 is 5.32 Å². The first-order valence-corrected chi connectivity index (χ1v) is 6.43. The Kier molecular flexibility index (Phi) is 4.02. The van der Waals surface area contributed by atoms with Crippen LogP contribution < -0.4 is 5.32 Å². The molecule has 0 saturated heterocycles. The third-order valence-electron chi connectivity index (χ3n) is 2.41. The fraction of sp³-hybridized carbons (Fsp3) is 0.154. The number of aryl methyl sites for hydroxylation is 1. The van der Waals surface area contributed by atoms with Gasteiger partial charge in [-0.3, -0.25) is 4.98 Å². The zero-order chi connectivity index (χ0) is 12.3. The maximum atomic E-state index is 6.14. The number of anilines is 1. The van der Waals surface area contributed by atoms with Crippen molar-refractivity contribution in [2.45, 2.75) is 13.5 Å². The monoisotopic (exact) mass is 310 g/mol. The van der Waals surface area contributed by atoms with Crippen LogP contribution in [0, 0.1) is 6.92 Å². The van der Waals surface area contributed by atoms with E-state index >= 15 is 0 Å². The van der Waals surface area contributed by atoms with Gasteiger partial charge in [-0.1, -0.05) is 33.6 Å². The van der Waals surface area contributed by atoms with Crippen LogP contribution in [0.15, 0.2) is 41.0 Å². The molecule has 0 amide bonds. The van der Waals surface area contributed by atoms with Crippen LogP contribution >= 0.6 is 27.5 Å². The van der Waals surface area contributed by atoms with Crippen LogP contribution in [-0.2, 0) is 6.54 Å². The summed E-state index contributed by atoms with van der Waals surface area (Å²) >= 11 is 9.52. The minimum atomic E-state index is 0.691. The van der Waals surface area contributed by atoms with Crippen molar-refractivity contribution in [1.82, 2.24) is 4.98 Å². The molecular formula is C13H12BrClN2. The first-order chi connectivity index (χ1) is 8.15. The lowest BCUT2D eigenvalue weighted by atomic mass is 10.2. The summed E-state index contributed by atoms with van der Waals surface area (Å²) in [5, 5.41) is 4.04. The lowest BCUT2D eigenvalue weighted by Crippen LogP contribution is -2.00. The van der Waals surface area contributed by atoms with Crippen molar-refractivity contribution in [3.63, 3.8) is 0 Å². The normalized spacial score (nSPS) is 10.3. The minimum absolute atomic E-state index is 0.691. The molecule has 0 unspecified atom stereocenters. The first kappa shape index (κ1) is 12.4. The van der Waals surface area contributed by atoms with Gasteiger partial charge in [0.2, 0.25) is 0 Å². The van der Waals surface area contributed by atoms with Crippen molar-refractivity contribution in [2.24, 2.45) is 0 Å². The Hall–Kier alpha value is -1.06. The van der Waals surface area contributed by atoms with Gasteiger partial charge in [-0.15, -0.1) is 0 Å². The molecular weight excluding hydrogens is 300 g/mol. The molecule has 2 aromatic rings. The first-order valence-electron chi connectivity index (χ1n) is 5.25. The van der Waals surface area contributed by atoms with Gasteiger partial charge in [-0.05, 0) is 36.8 Å². The largest absolute Gasteiger partial charge is 0.380 e. The fourth-order valence-electron chi connectivity index (χ4n) is 1.43. The average Bonchev–Trinajstić information content (AvgIpc) is 2.30. The fourth-order valence-corrected chi connectivity index (χ4v) is 2.17. The summed E-state index contributed by atoms with van der Waals surface area (Å²) < 4.78 is 0.989. The summed E-state index contributed by atoms with van der Waals surface area (Å²) in [5.74, 6) is 0. The number of aromatic nitrogens is 1. The summed E-state index contributed by atoms with van der Waals surface area (Å²) in [6.45, 7) is 2.66. The maximum absolute atomic E-state index is 6.14. The molecule has 88 valence electrons. The van der Waals surface area contributed by atoms with Crippen LogP contribution in [0.3, 0.4) is 0 Å². The summed E-state index contributed by atoms with van der Waals surface area (Å²) in [6, 6.07) is 9.86. The SMILES string of the molecule is Cc1ccc(NCc2ccc(Br)cc2Cl)cn1. The predicted molar refractivity (Wildman–Crippen MR) is 75.5 cm³/mol. The lowest BCUT2D eigenvalue weighted by Gasteiger charge is -2.08. The Morgan fingerprint density at radius 1 is 1.29 bits per heavy atom. The molecule has 0 atom stereocenters. The molecule has 0 fully saturated rings. The molecule has 4 heteroatoms. The Balaban J connectivity index is 2.04. The van der Waals surface area contributed by atoms with Gasteiger partial charge in [0, 0.05) is 21.7 Å². The quantitative estimate of drug-likeness (QED) is 0.907. The zero-order valence-corrected chi connectivity index (χ0v) is 11.7. The molecule has 0 spiro atoms. The molecule has 0 aliphatic carbocycles. The van der Waals surface area contributed by atoms with Crippen LogP contribution in [0.1, 0.15) is 11.3 Å². The number of nitrogens with zero attached hydrogens (tertiary/aromatic N) is 1. The van der Waals surface area contributed by atoms with E-state index in [-0.39, 0.29) is 0 Å². The molecule has 2 rings (SSSR count). The van der Waals surface area contributed by atoms with E-state index in [1.165, 1.54) is 0 Å². The van der Waals surface area contributed by atoms with Gasteiger partial charge in [-0.25, -0.2) is 0 Å². The van der Waals surface area contributed by atoms with Gasteiger partial charge >= 0.3 is 0 Å². The highest BCUT2D eigenvalue weighted by Gasteiger charge is 2.01. The second-order valence-corrected chi connectivity index (χ2v) is 5.10. The number of benzene rings is 1. The Morgan fingerprint density at radius 2 is 2.12 bits per heavy atom. The van der Waals surface area contributed by atoms with Gasteiger partial charge in [0.15, 0.2) is 0 Å². The van der Waals surface area contributed by atoms with E-state index in [0.29, 0.717) is 6.54 Å². The average molecular weight is 312 g/mol. The number of nitrogens with one attached hydrogen (secondary N) is 1. The number of pyridine rings is 1. The van der Waals surface area contributed by atoms with E-state index in [0.717, 1.165) is 26.4 Å². The summed E-state index contributed by atoms with van der Waals surface area (Å²) in [7, 11) is 0. The van der Waals surface area contributed by atoms with Crippen LogP contribution in [0.5, 0.6) is 0 Å². The number of hydrogen-bond donors (Lipinski definition) is 1. The highest BCUT2D eigenvalue weighted by Crippen LogP contribution is 2.22. The van der Waals surface area contributed by atoms with E-state index in [1.807, 2.05) is 43.5 Å². The van der Waals surface area contributed by atoms with Gasteiger partial charge in [0.1, 0.15) is 0 Å². The molecule has 0 bridgehead atoms. The number of hydrogen-bond acceptors (Lipinski definition) is 2. The smallest absolute Gasteiger partial charge is 0.0529 e. The molecule has 0 aliphatic rings. The molecule has 1 heterocycles. The second kappa shape index (κ2) is 5.52. The summed E-state index contributed by atoms with van der Waals surface area (Å²) in [4.78, 5) is 4.22. The van der Waals surface area contributed by atoms with E-state index in [9.17, 15) is 0 Å². The van der Waals surface area contributed by atoms with E-state index in [2.05, 4.69) is 26.2 Å². The van der Waals surface area contributed by atoms with Crippen molar-refractivity contribution in [3.05, 3.63) is 57.3 Å². The molecule has 1 aromatic heterocycles. The third-order valence-corrected chi connectivity index (χ3v) is 3.25.